The third kappa shape index (κ3) is 3.67. The van der Waals surface area contributed by atoms with Crippen molar-refractivity contribution in [1.29, 1.82) is 0 Å². The number of aliphatic carboxylic acids is 1. The molecule has 0 radical (unpaired) electrons. The van der Waals surface area contributed by atoms with Gasteiger partial charge < -0.3 is 15.1 Å². The Kier molecular flexibility index (Phi) is 4.97. The first kappa shape index (κ1) is 13.8. The molecular weight excluding hydrogens is 232 g/mol. The number of carboxylic acids is 1. The summed E-state index contributed by atoms with van der Waals surface area (Å²) >= 11 is 0. The first-order valence-corrected chi connectivity index (χ1v) is 7.03. The van der Waals surface area contributed by atoms with Crippen LogP contribution in [0.2, 0.25) is 0 Å². The molecule has 5 heteroatoms. The highest BCUT2D eigenvalue weighted by Gasteiger charge is 2.30. The topological polar surface area (TPSA) is 64.0 Å². The summed E-state index contributed by atoms with van der Waals surface area (Å²) in [5.74, 6) is -0.722. The summed E-state index contributed by atoms with van der Waals surface area (Å²) in [6.07, 6.45) is 4.48. The number of aliphatic hydroxyl groups is 1. The molecule has 1 heterocycles. The van der Waals surface area contributed by atoms with E-state index >= 15 is 0 Å². The molecule has 0 aromatic carbocycles. The number of hydrogen-bond donors (Lipinski definition) is 2. The lowest BCUT2D eigenvalue weighted by molar-refractivity contribution is -0.137. The minimum Gasteiger partial charge on any atom is -0.481 e. The molecule has 2 unspecified atom stereocenters. The lowest BCUT2D eigenvalue weighted by Crippen LogP contribution is -2.54. The van der Waals surface area contributed by atoms with Crippen LogP contribution >= 0.6 is 0 Å². The monoisotopic (exact) mass is 256 g/mol. The van der Waals surface area contributed by atoms with Gasteiger partial charge in [0.15, 0.2) is 0 Å². The van der Waals surface area contributed by atoms with Crippen molar-refractivity contribution in [2.24, 2.45) is 0 Å². The van der Waals surface area contributed by atoms with E-state index in [0.29, 0.717) is 12.6 Å². The summed E-state index contributed by atoms with van der Waals surface area (Å²) < 4.78 is 0. The average molecular weight is 256 g/mol. The van der Waals surface area contributed by atoms with E-state index in [4.69, 9.17) is 5.11 Å². The first-order chi connectivity index (χ1) is 8.66. The molecule has 0 spiro atoms. The first-order valence-electron chi connectivity index (χ1n) is 7.03. The summed E-state index contributed by atoms with van der Waals surface area (Å²) in [7, 11) is 0. The molecule has 5 nitrogen and oxygen atoms in total. The van der Waals surface area contributed by atoms with E-state index in [-0.39, 0.29) is 12.5 Å². The highest BCUT2D eigenvalue weighted by atomic mass is 16.4. The van der Waals surface area contributed by atoms with Gasteiger partial charge in [0.05, 0.1) is 12.5 Å². The van der Waals surface area contributed by atoms with Crippen molar-refractivity contribution in [2.45, 2.75) is 44.2 Å². The van der Waals surface area contributed by atoms with Crippen LogP contribution in [-0.4, -0.2) is 70.9 Å². The van der Waals surface area contributed by atoms with Crippen molar-refractivity contribution in [1.82, 2.24) is 9.80 Å². The zero-order valence-electron chi connectivity index (χ0n) is 10.9. The summed E-state index contributed by atoms with van der Waals surface area (Å²) in [6.45, 7) is 4.42. The van der Waals surface area contributed by atoms with E-state index < -0.39 is 5.97 Å². The second-order valence-corrected chi connectivity index (χ2v) is 5.44. The Bertz CT molecular complexity index is 277. The molecule has 2 rings (SSSR count). The largest absolute Gasteiger partial charge is 0.481 e. The number of nitrogens with zero attached hydrogens (tertiary/aromatic N) is 2. The maximum Gasteiger partial charge on any atom is 0.304 e. The standard InChI is InChI=1S/C13H24N2O3/c16-12-4-2-1-3-11(12)15-9-7-14(8-10-15)6-5-13(17)18/h11-12,16H,1-10H2,(H,17,18). The number of rotatable bonds is 4. The molecule has 2 fully saturated rings. The number of carbonyl (C=O) groups is 1. The molecule has 1 aliphatic heterocycles. The molecule has 0 aromatic rings. The molecule has 0 amide bonds. The van der Waals surface area contributed by atoms with Crippen LogP contribution in [0.1, 0.15) is 32.1 Å². The fraction of sp³-hybridized carbons (Fsp3) is 0.923. The molecule has 18 heavy (non-hydrogen) atoms. The van der Waals surface area contributed by atoms with Crippen LogP contribution in [0.15, 0.2) is 0 Å². The van der Waals surface area contributed by atoms with Crippen molar-refractivity contribution in [2.75, 3.05) is 32.7 Å². The van der Waals surface area contributed by atoms with Gasteiger partial charge >= 0.3 is 5.97 Å². The zero-order chi connectivity index (χ0) is 13.0. The number of carboxylic acid groups (broad SMARTS) is 1. The molecule has 0 aromatic heterocycles. The molecule has 1 saturated heterocycles. The van der Waals surface area contributed by atoms with Crippen LogP contribution in [0, 0.1) is 0 Å². The highest BCUT2D eigenvalue weighted by Crippen LogP contribution is 2.24. The van der Waals surface area contributed by atoms with Crippen LogP contribution in [0.4, 0.5) is 0 Å². The lowest BCUT2D eigenvalue weighted by atomic mass is 9.91. The fourth-order valence-corrected chi connectivity index (χ4v) is 3.09. The molecule has 2 N–H and O–H groups in total. The third-order valence-electron chi connectivity index (χ3n) is 4.21. The van der Waals surface area contributed by atoms with Gasteiger partial charge in [0.25, 0.3) is 0 Å². The van der Waals surface area contributed by atoms with Gasteiger partial charge in [-0.2, -0.15) is 0 Å². The minimum atomic E-state index is -0.722. The van der Waals surface area contributed by atoms with Crippen LogP contribution in [0.5, 0.6) is 0 Å². The summed E-state index contributed by atoms with van der Waals surface area (Å²) in [4.78, 5) is 15.1. The van der Waals surface area contributed by atoms with Crippen molar-refractivity contribution in [3.8, 4) is 0 Å². The quantitative estimate of drug-likeness (QED) is 0.761. The summed E-state index contributed by atoms with van der Waals surface area (Å²) in [6, 6.07) is 0.334. The normalized spacial score (nSPS) is 31.4. The SMILES string of the molecule is O=C(O)CCN1CCN(C2CCCCC2O)CC1. The van der Waals surface area contributed by atoms with Crippen molar-refractivity contribution < 1.29 is 15.0 Å². The van der Waals surface area contributed by atoms with Gasteiger partial charge in [0.2, 0.25) is 0 Å². The maximum absolute atomic E-state index is 10.5. The number of aliphatic hydroxyl groups excluding tert-OH is 1. The van der Waals surface area contributed by atoms with E-state index in [2.05, 4.69) is 9.80 Å². The van der Waals surface area contributed by atoms with Crippen LogP contribution in [0.3, 0.4) is 0 Å². The lowest BCUT2D eigenvalue weighted by Gasteiger charge is -2.42. The highest BCUT2D eigenvalue weighted by molar-refractivity contribution is 5.66. The predicted molar refractivity (Wildman–Crippen MR) is 68.5 cm³/mol. The summed E-state index contributed by atoms with van der Waals surface area (Å²) in [5, 5.41) is 18.7. The van der Waals surface area contributed by atoms with Gasteiger partial charge in [-0.25, -0.2) is 0 Å². The smallest absolute Gasteiger partial charge is 0.304 e. The molecule has 2 atom stereocenters. The fourth-order valence-electron chi connectivity index (χ4n) is 3.09. The molecule has 104 valence electrons. The average Bonchev–Trinajstić information content (AvgIpc) is 2.38. The van der Waals surface area contributed by atoms with Gasteiger partial charge in [0, 0.05) is 38.8 Å². The van der Waals surface area contributed by atoms with E-state index in [1.807, 2.05) is 0 Å². The molecule has 1 saturated carbocycles. The minimum absolute atomic E-state index is 0.163. The van der Waals surface area contributed by atoms with E-state index in [9.17, 15) is 9.90 Å². The number of hydrogen-bond acceptors (Lipinski definition) is 4. The summed E-state index contributed by atoms with van der Waals surface area (Å²) in [5.41, 5.74) is 0. The van der Waals surface area contributed by atoms with Crippen LogP contribution in [-0.2, 0) is 4.79 Å². The Labute approximate surface area is 108 Å². The number of piperazine rings is 1. The molecule has 1 aliphatic carbocycles. The molecule has 0 bridgehead atoms. The van der Waals surface area contributed by atoms with Crippen molar-refractivity contribution >= 4 is 5.97 Å². The molecular formula is C13H24N2O3. The van der Waals surface area contributed by atoms with Crippen LogP contribution in [0.25, 0.3) is 0 Å². The Morgan fingerprint density at radius 2 is 1.78 bits per heavy atom. The second kappa shape index (κ2) is 6.50. The van der Waals surface area contributed by atoms with E-state index in [1.54, 1.807) is 0 Å². The van der Waals surface area contributed by atoms with Gasteiger partial charge in [0.1, 0.15) is 0 Å². The second-order valence-electron chi connectivity index (χ2n) is 5.44. The van der Waals surface area contributed by atoms with Gasteiger partial charge in [-0.1, -0.05) is 12.8 Å². The maximum atomic E-state index is 10.5. The van der Waals surface area contributed by atoms with E-state index in [0.717, 1.165) is 45.4 Å². The zero-order valence-corrected chi connectivity index (χ0v) is 10.9. The van der Waals surface area contributed by atoms with E-state index in [1.165, 1.54) is 6.42 Å². The van der Waals surface area contributed by atoms with Gasteiger partial charge in [-0.3, -0.25) is 9.69 Å². The molecule has 2 aliphatic rings. The Balaban J connectivity index is 1.74. The van der Waals surface area contributed by atoms with Crippen molar-refractivity contribution in [3.05, 3.63) is 0 Å². The van der Waals surface area contributed by atoms with Crippen LogP contribution < -0.4 is 0 Å². The van der Waals surface area contributed by atoms with Gasteiger partial charge in [-0.05, 0) is 12.8 Å². The Hall–Kier alpha value is -0.650. The third-order valence-corrected chi connectivity index (χ3v) is 4.21. The van der Waals surface area contributed by atoms with Gasteiger partial charge in [-0.15, -0.1) is 0 Å². The predicted octanol–water partition coefficient (Wildman–Crippen LogP) is 0.382. The Morgan fingerprint density at radius 3 is 2.39 bits per heavy atom. The van der Waals surface area contributed by atoms with Crippen molar-refractivity contribution in [3.63, 3.8) is 0 Å². The Morgan fingerprint density at radius 1 is 1.11 bits per heavy atom.